The van der Waals surface area contributed by atoms with Crippen LogP contribution in [-0.2, 0) is 9.53 Å². The van der Waals surface area contributed by atoms with Gasteiger partial charge in [0.15, 0.2) is 5.82 Å². The van der Waals surface area contributed by atoms with E-state index >= 15 is 0 Å². The minimum atomic E-state index is -0.0658. The van der Waals surface area contributed by atoms with Gasteiger partial charge in [-0.15, -0.1) is 0 Å². The molecule has 1 saturated carbocycles. The molecule has 3 atom stereocenters. The first-order valence-corrected chi connectivity index (χ1v) is 12.4. The number of rotatable bonds is 7. The molecule has 180 valence electrons. The van der Waals surface area contributed by atoms with Gasteiger partial charge < -0.3 is 14.6 Å². The molecule has 1 aromatic heterocycles. The lowest BCUT2D eigenvalue weighted by Crippen LogP contribution is -2.28. The Kier molecular flexibility index (Phi) is 6.80. The van der Waals surface area contributed by atoms with Crippen LogP contribution in [-0.4, -0.2) is 28.8 Å². The van der Waals surface area contributed by atoms with Gasteiger partial charge >= 0.3 is 5.97 Å². The smallest absolute Gasteiger partial charge is 0.308 e. The Morgan fingerprint density at radius 1 is 1.09 bits per heavy atom. The summed E-state index contributed by atoms with van der Waals surface area (Å²) >= 11 is 0. The van der Waals surface area contributed by atoms with E-state index in [1.54, 1.807) is 0 Å². The van der Waals surface area contributed by atoms with Crippen LogP contribution in [0.5, 0.6) is 0 Å². The molecule has 0 spiro atoms. The first-order valence-electron chi connectivity index (χ1n) is 12.4. The Bertz CT molecular complexity index is 1240. The van der Waals surface area contributed by atoms with Crippen LogP contribution in [0.3, 0.4) is 0 Å². The number of aromatic nitrogens is 2. The minimum absolute atomic E-state index is 0.00631. The van der Waals surface area contributed by atoms with Gasteiger partial charge in [-0.25, -0.2) is 0 Å². The number of nitrogens with zero attached hydrogens (tertiary/aromatic N) is 2. The summed E-state index contributed by atoms with van der Waals surface area (Å²) in [6.07, 6.45) is 7.90. The van der Waals surface area contributed by atoms with Crippen LogP contribution in [0.25, 0.3) is 22.6 Å². The normalized spacial score (nSPS) is 21.8. The molecule has 0 aliphatic heterocycles. The molecule has 35 heavy (non-hydrogen) atoms. The van der Waals surface area contributed by atoms with Crippen LogP contribution in [0.15, 0.2) is 82.5 Å². The third-order valence-corrected chi connectivity index (χ3v) is 6.85. The van der Waals surface area contributed by atoms with Crippen molar-refractivity contribution in [1.82, 2.24) is 15.5 Å². The molecule has 2 aliphatic rings. The van der Waals surface area contributed by atoms with Crippen molar-refractivity contribution in [3.63, 3.8) is 0 Å². The maximum atomic E-state index is 12.0. The SMILES string of the molecule is CCOC(=O)[C@@H]1CC[C@H](NC2=CCC(c3noc(-c4cccc(-c5ccccc5)c4)n3)C=C2C)C1. The van der Waals surface area contributed by atoms with Crippen molar-refractivity contribution < 1.29 is 14.1 Å². The molecule has 6 heteroatoms. The highest BCUT2D eigenvalue weighted by atomic mass is 16.5. The Morgan fingerprint density at radius 2 is 1.89 bits per heavy atom. The topological polar surface area (TPSA) is 77.2 Å². The number of hydrogen-bond acceptors (Lipinski definition) is 6. The highest BCUT2D eigenvalue weighted by molar-refractivity contribution is 5.73. The molecule has 0 bridgehead atoms. The lowest BCUT2D eigenvalue weighted by molar-refractivity contribution is -0.147. The van der Waals surface area contributed by atoms with Crippen molar-refractivity contribution in [3.05, 3.63) is 83.8 Å². The van der Waals surface area contributed by atoms with Crippen molar-refractivity contribution in [1.29, 1.82) is 0 Å². The molecular formula is C29H31N3O3. The number of carbonyl (C=O) groups is 1. The van der Waals surface area contributed by atoms with E-state index in [1.807, 2.05) is 37.3 Å². The zero-order valence-electron chi connectivity index (χ0n) is 20.2. The van der Waals surface area contributed by atoms with E-state index in [4.69, 9.17) is 14.2 Å². The molecule has 2 aliphatic carbocycles. The van der Waals surface area contributed by atoms with E-state index in [9.17, 15) is 4.79 Å². The highest BCUT2D eigenvalue weighted by Gasteiger charge is 2.31. The summed E-state index contributed by atoms with van der Waals surface area (Å²) in [5, 5.41) is 7.94. The second-order valence-corrected chi connectivity index (χ2v) is 9.32. The standard InChI is InChI=1S/C29H31N3O3/c1-3-34-29(33)24-12-14-25(18-24)30-26-15-13-22(16-19(26)2)27-31-28(35-32-27)23-11-7-10-21(17-23)20-8-5-4-6-9-20/h4-11,15-17,22,24-25,30H,3,12-14,18H2,1-2H3/t22?,24-,25+/m1/s1. The van der Waals surface area contributed by atoms with Crippen molar-refractivity contribution in [2.75, 3.05) is 6.61 Å². The summed E-state index contributed by atoms with van der Waals surface area (Å²) in [6.45, 7) is 4.40. The first kappa shape index (κ1) is 23.1. The summed E-state index contributed by atoms with van der Waals surface area (Å²) in [7, 11) is 0. The number of esters is 1. The number of hydrogen-bond donors (Lipinski definition) is 1. The maximum absolute atomic E-state index is 12.0. The third kappa shape index (κ3) is 5.21. The Hall–Kier alpha value is -3.67. The summed E-state index contributed by atoms with van der Waals surface area (Å²) < 4.78 is 10.8. The number of carbonyl (C=O) groups excluding carboxylic acids is 1. The molecule has 0 amide bonds. The zero-order chi connectivity index (χ0) is 24.2. The predicted molar refractivity (Wildman–Crippen MR) is 135 cm³/mol. The van der Waals surface area contributed by atoms with Gasteiger partial charge in [-0.05, 0) is 68.4 Å². The minimum Gasteiger partial charge on any atom is -0.466 e. The van der Waals surface area contributed by atoms with Gasteiger partial charge in [0.05, 0.1) is 12.5 Å². The molecular weight excluding hydrogens is 438 g/mol. The fourth-order valence-electron chi connectivity index (χ4n) is 4.99. The van der Waals surface area contributed by atoms with Crippen molar-refractivity contribution in [2.24, 2.45) is 5.92 Å². The third-order valence-electron chi connectivity index (χ3n) is 6.85. The van der Waals surface area contributed by atoms with Crippen molar-refractivity contribution >= 4 is 5.97 Å². The summed E-state index contributed by atoms with van der Waals surface area (Å²) in [5.41, 5.74) is 5.48. The molecule has 0 radical (unpaired) electrons. The van der Waals surface area contributed by atoms with E-state index in [2.05, 4.69) is 53.8 Å². The summed E-state index contributed by atoms with van der Waals surface area (Å²) in [4.78, 5) is 16.8. The predicted octanol–water partition coefficient (Wildman–Crippen LogP) is 6.04. The van der Waals surface area contributed by atoms with E-state index in [0.717, 1.165) is 48.1 Å². The number of nitrogens with one attached hydrogen (secondary N) is 1. The van der Waals surface area contributed by atoms with Gasteiger partial charge in [0.25, 0.3) is 5.89 Å². The second-order valence-electron chi connectivity index (χ2n) is 9.32. The molecule has 2 aromatic carbocycles. The summed E-state index contributed by atoms with van der Waals surface area (Å²) in [5.74, 6) is 1.25. The first-order chi connectivity index (χ1) is 17.1. The quantitative estimate of drug-likeness (QED) is 0.425. The Morgan fingerprint density at radius 3 is 2.69 bits per heavy atom. The van der Waals surface area contributed by atoms with E-state index in [0.29, 0.717) is 24.4 Å². The summed E-state index contributed by atoms with van der Waals surface area (Å²) in [6, 6.07) is 18.7. The molecule has 3 aromatic rings. The highest BCUT2D eigenvalue weighted by Crippen LogP contribution is 2.33. The van der Waals surface area contributed by atoms with Gasteiger partial charge in [0.2, 0.25) is 0 Å². The maximum Gasteiger partial charge on any atom is 0.308 e. The van der Waals surface area contributed by atoms with Crippen molar-refractivity contribution in [2.45, 2.75) is 51.5 Å². The van der Waals surface area contributed by atoms with E-state index in [1.165, 1.54) is 5.57 Å². The largest absolute Gasteiger partial charge is 0.466 e. The molecule has 1 heterocycles. The van der Waals surface area contributed by atoms with E-state index < -0.39 is 0 Å². The van der Waals surface area contributed by atoms with Crippen molar-refractivity contribution in [3.8, 4) is 22.6 Å². The molecule has 0 saturated heterocycles. The van der Waals surface area contributed by atoms with Crippen LogP contribution in [0.4, 0.5) is 0 Å². The van der Waals surface area contributed by atoms with Crippen LogP contribution in [0.1, 0.15) is 51.3 Å². The van der Waals surface area contributed by atoms with Gasteiger partial charge in [0, 0.05) is 23.2 Å². The molecule has 1 unspecified atom stereocenters. The average Bonchev–Trinajstić information content (AvgIpc) is 3.57. The van der Waals surface area contributed by atoms with Gasteiger partial charge in [-0.2, -0.15) is 4.98 Å². The van der Waals surface area contributed by atoms with Gasteiger partial charge in [-0.1, -0.05) is 59.8 Å². The lowest BCUT2D eigenvalue weighted by Gasteiger charge is -2.23. The van der Waals surface area contributed by atoms with Crippen LogP contribution in [0.2, 0.25) is 0 Å². The van der Waals surface area contributed by atoms with Crippen LogP contribution < -0.4 is 5.32 Å². The Labute approximate surface area is 206 Å². The average molecular weight is 470 g/mol. The Balaban J connectivity index is 1.23. The number of ether oxygens (including phenoxy) is 1. The molecule has 5 rings (SSSR count). The molecule has 1 fully saturated rings. The number of allylic oxidation sites excluding steroid dienone is 3. The zero-order valence-corrected chi connectivity index (χ0v) is 20.2. The van der Waals surface area contributed by atoms with E-state index in [-0.39, 0.29) is 17.8 Å². The molecule has 6 nitrogen and oxygen atoms in total. The van der Waals surface area contributed by atoms with Crippen LogP contribution >= 0.6 is 0 Å². The molecule has 1 N–H and O–H groups in total. The number of benzene rings is 2. The second kappa shape index (κ2) is 10.3. The van der Waals surface area contributed by atoms with Crippen LogP contribution in [0, 0.1) is 5.92 Å². The fourth-order valence-corrected chi connectivity index (χ4v) is 4.99. The van der Waals surface area contributed by atoms with Gasteiger partial charge in [0.1, 0.15) is 0 Å². The fraction of sp³-hybridized carbons (Fsp3) is 0.345. The lowest BCUT2D eigenvalue weighted by atomic mass is 9.93. The van der Waals surface area contributed by atoms with Gasteiger partial charge in [-0.3, -0.25) is 4.79 Å². The monoisotopic (exact) mass is 469 g/mol.